The minimum absolute atomic E-state index is 0.0123. The molecule has 1 aromatic carbocycles. The summed E-state index contributed by atoms with van der Waals surface area (Å²) in [6.07, 6.45) is 5.03. The van der Waals surface area contributed by atoms with E-state index in [1.165, 1.54) is 12.8 Å². The van der Waals surface area contributed by atoms with Gasteiger partial charge in [-0.3, -0.25) is 4.79 Å². The quantitative estimate of drug-likeness (QED) is 0.884. The molecule has 0 unspecified atom stereocenters. The molecule has 1 aromatic rings. The van der Waals surface area contributed by atoms with Crippen LogP contribution in [0.5, 0.6) is 5.75 Å². The largest absolute Gasteiger partial charge is 0.490 e. The van der Waals surface area contributed by atoms with Crippen molar-refractivity contribution in [1.29, 1.82) is 0 Å². The SMILES string of the molecule is CC(C)(C)NC(=O)N1CCN(C(=O)c2ccc(OC3CCCC3)cc2)CC1. The van der Waals surface area contributed by atoms with Crippen LogP contribution in [0.3, 0.4) is 0 Å². The Hall–Kier alpha value is -2.24. The van der Waals surface area contributed by atoms with Crippen molar-refractivity contribution < 1.29 is 14.3 Å². The van der Waals surface area contributed by atoms with Crippen LogP contribution in [0, 0.1) is 0 Å². The third kappa shape index (κ3) is 5.37. The van der Waals surface area contributed by atoms with Crippen LogP contribution < -0.4 is 10.1 Å². The van der Waals surface area contributed by atoms with E-state index in [1.54, 1.807) is 4.90 Å². The predicted molar refractivity (Wildman–Crippen MR) is 105 cm³/mol. The summed E-state index contributed by atoms with van der Waals surface area (Å²) in [6, 6.07) is 7.39. The van der Waals surface area contributed by atoms with Gasteiger partial charge in [0.25, 0.3) is 5.91 Å². The van der Waals surface area contributed by atoms with Gasteiger partial charge in [0.15, 0.2) is 0 Å². The molecule has 1 saturated heterocycles. The molecule has 0 radical (unpaired) electrons. The summed E-state index contributed by atoms with van der Waals surface area (Å²) in [5.74, 6) is 0.848. The van der Waals surface area contributed by atoms with Gasteiger partial charge in [-0.15, -0.1) is 0 Å². The maximum Gasteiger partial charge on any atom is 0.317 e. The van der Waals surface area contributed by atoms with E-state index in [0.29, 0.717) is 37.8 Å². The average Bonchev–Trinajstić information content (AvgIpc) is 3.13. The Kier molecular flexibility index (Phi) is 5.92. The number of piperazine rings is 1. The van der Waals surface area contributed by atoms with E-state index in [2.05, 4.69) is 5.32 Å². The third-order valence-electron chi connectivity index (χ3n) is 5.04. The summed E-state index contributed by atoms with van der Waals surface area (Å²) < 4.78 is 5.96. The molecule has 3 rings (SSSR count). The van der Waals surface area contributed by atoms with E-state index in [-0.39, 0.29) is 17.5 Å². The number of nitrogens with one attached hydrogen (secondary N) is 1. The second-order valence-corrected chi connectivity index (χ2v) is 8.51. The lowest BCUT2D eigenvalue weighted by Crippen LogP contribution is -2.56. The summed E-state index contributed by atoms with van der Waals surface area (Å²) in [5.41, 5.74) is 0.410. The monoisotopic (exact) mass is 373 g/mol. The normalized spacial score (nSPS) is 18.5. The lowest BCUT2D eigenvalue weighted by Gasteiger charge is -2.36. The van der Waals surface area contributed by atoms with Crippen LogP contribution >= 0.6 is 0 Å². The maximum absolute atomic E-state index is 12.7. The molecule has 1 heterocycles. The Balaban J connectivity index is 1.50. The van der Waals surface area contributed by atoms with E-state index in [1.807, 2.05) is 49.9 Å². The van der Waals surface area contributed by atoms with Crippen molar-refractivity contribution >= 4 is 11.9 Å². The first kappa shape index (κ1) is 19.5. The molecule has 0 bridgehead atoms. The molecule has 6 nitrogen and oxygen atoms in total. The highest BCUT2D eigenvalue weighted by Gasteiger charge is 2.26. The number of hydrogen-bond donors (Lipinski definition) is 1. The first-order chi connectivity index (χ1) is 12.8. The van der Waals surface area contributed by atoms with Crippen molar-refractivity contribution in [2.24, 2.45) is 0 Å². The van der Waals surface area contributed by atoms with Crippen LogP contribution in [0.25, 0.3) is 0 Å². The molecule has 148 valence electrons. The van der Waals surface area contributed by atoms with E-state index in [4.69, 9.17) is 4.74 Å². The zero-order valence-corrected chi connectivity index (χ0v) is 16.7. The lowest BCUT2D eigenvalue weighted by molar-refractivity contribution is 0.0661. The number of carbonyl (C=O) groups excluding carboxylic acids is 2. The second kappa shape index (κ2) is 8.19. The molecule has 1 aliphatic carbocycles. The molecule has 27 heavy (non-hydrogen) atoms. The van der Waals surface area contributed by atoms with E-state index < -0.39 is 0 Å². The van der Waals surface area contributed by atoms with Crippen molar-refractivity contribution in [1.82, 2.24) is 15.1 Å². The number of nitrogens with zero attached hydrogens (tertiary/aromatic N) is 2. The molecule has 1 saturated carbocycles. The molecular formula is C21H31N3O3. The average molecular weight is 373 g/mol. The molecule has 2 fully saturated rings. The molecule has 1 aliphatic heterocycles. The molecule has 3 amide bonds. The molecule has 1 N–H and O–H groups in total. The fourth-order valence-electron chi connectivity index (χ4n) is 3.57. The van der Waals surface area contributed by atoms with Crippen molar-refractivity contribution in [3.63, 3.8) is 0 Å². The molecule has 0 atom stereocenters. The molecule has 0 spiro atoms. The maximum atomic E-state index is 12.7. The van der Waals surface area contributed by atoms with Gasteiger partial charge in [0.1, 0.15) is 5.75 Å². The summed E-state index contributed by atoms with van der Waals surface area (Å²) in [5, 5.41) is 2.97. The summed E-state index contributed by atoms with van der Waals surface area (Å²) >= 11 is 0. The minimum Gasteiger partial charge on any atom is -0.490 e. The number of rotatable bonds is 3. The van der Waals surface area contributed by atoms with Gasteiger partial charge in [-0.25, -0.2) is 4.79 Å². The van der Waals surface area contributed by atoms with Crippen LogP contribution in [0.15, 0.2) is 24.3 Å². The van der Waals surface area contributed by atoms with Gasteiger partial charge in [0, 0.05) is 37.3 Å². The van der Waals surface area contributed by atoms with Gasteiger partial charge in [-0.1, -0.05) is 0 Å². The van der Waals surface area contributed by atoms with E-state index in [9.17, 15) is 9.59 Å². The van der Waals surface area contributed by atoms with Crippen LogP contribution in [0.2, 0.25) is 0 Å². The Morgan fingerprint density at radius 2 is 1.52 bits per heavy atom. The van der Waals surface area contributed by atoms with Crippen molar-refractivity contribution in [3.8, 4) is 5.75 Å². The highest BCUT2D eigenvalue weighted by atomic mass is 16.5. The van der Waals surface area contributed by atoms with Gasteiger partial charge < -0.3 is 19.9 Å². The molecular weight excluding hydrogens is 342 g/mol. The van der Waals surface area contributed by atoms with E-state index in [0.717, 1.165) is 18.6 Å². The van der Waals surface area contributed by atoms with Crippen LogP contribution in [0.4, 0.5) is 4.79 Å². The van der Waals surface area contributed by atoms with Gasteiger partial charge in [-0.05, 0) is 70.7 Å². The van der Waals surface area contributed by atoms with E-state index >= 15 is 0 Å². The number of amides is 3. The molecule has 0 aromatic heterocycles. The van der Waals surface area contributed by atoms with Crippen LogP contribution in [-0.4, -0.2) is 59.6 Å². The van der Waals surface area contributed by atoms with Crippen LogP contribution in [-0.2, 0) is 0 Å². The Morgan fingerprint density at radius 1 is 0.963 bits per heavy atom. The Morgan fingerprint density at radius 3 is 2.07 bits per heavy atom. The fourth-order valence-corrected chi connectivity index (χ4v) is 3.57. The third-order valence-corrected chi connectivity index (χ3v) is 5.04. The lowest BCUT2D eigenvalue weighted by atomic mass is 10.1. The molecule has 2 aliphatic rings. The Bertz CT molecular complexity index is 652. The predicted octanol–water partition coefficient (Wildman–Crippen LogP) is 3.27. The number of urea groups is 1. The topological polar surface area (TPSA) is 61.9 Å². The highest BCUT2D eigenvalue weighted by Crippen LogP contribution is 2.24. The summed E-state index contributed by atoms with van der Waals surface area (Å²) in [6.45, 7) is 8.10. The molecule has 6 heteroatoms. The second-order valence-electron chi connectivity index (χ2n) is 8.51. The minimum atomic E-state index is -0.258. The first-order valence-electron chi connectivity index (χ1n) is 9.95. The zero-order valence-electron chi connectivity index (χ0n) is 16.7. The summed E-state index contributed by atoms with van der Waals surface area (Å²) in [4.78, 5) is 28.5. The number of ether oxygens (including phenoxy) is 1. The number of carbonyl (C=O) groups is 2. The summed E-state index contributed by atoms with van der Waals surface area (Å²) in [7, 11) is 0. The zero-order chi connectivity index (χ0) is 19.4. The Labute approximate surface area is 161 Å². The van der Waals surface area contributed by atoms with Crippen LogP contribution in [0.1, 0.15) is 56.8 Å². The van der Waals surface area contributed by atoms with Gasteiger partial charge in [0.05, 0.1) is 6.10 Å². The number of benzene rings is 1. The smallest absolute Gasteiger partial charge is 0.317 e. The standard InChI is InChI=1S/C21H31N3O3/c1-21(2,3)22-20(26)24-14-12-23(13-15-24)19(25)16-8-10-18(11-9-16)27-17-6-4-5-7-17/h8-11,17H,4-7,12-15H2,1-3H3,(H,22,26). The van der Waals surface area contributed by atoms with Gasteiger partial charge in [-0.2, -0.15) is 0 Å². The van der Waals surface area contributed by atoms with Crippen molar-refractivity contribution in [2.75, 3.05) is 26.2 Å². The number of hydrogen-bond acceptors (Lipinski definition) is 3. The fraction of sp³-hybridized carbons (Fsp3) is 0.619. The highest BCUT2D eigenvalue weighted by molar-refractivity contribution is 5.94. The van der Waals surface area contributed by atoms with Crippen molar-refractivity contribution in [3.05, 3.63) is 29.8 Å². The van der Waals surface area contributed by atoms with Gasteiger partial charge >= 0.3 is 6.03 Å². The van der Waals surface area contributed by atoms with Crippen molar-refractivity contribution in [2.45, 2.75) is 58.1 Å². The van der Waals surface area contributed by atoms with Gasteiger partial charge in [0.2, 0.25) is 0 Å². The first-order valence-corrected chi connectivity index (χ1v) is 9.95.